The average molecular weight is 380 g/mol. The van der Waals surface area contributed by atoms with Crippen molar-refractivity contribution in [2.24, 2.45) is 17.6 Å². The maximum absolute atomic E-state index is 13.1. The van der Waals surface area contributed by atoms with Gasteiger partial charge in [0, 0.05) is 44.1 Å². The molecule has 0 aromatic heterocycles. The van der Waals surface area contributed by atoms with Crippen molar-refractivity contribution in [2.75, 3.05) is 19.6 Å². The van der Waals surface area contributed by atoms with Gasteiger partial charge in [0.15, 0.2) is 0 Å². The number of benzene rings is 1. The largest absolute Gasteiger partial charge is 0.342 e. The molecule has 1 heterocycles. The molecule has 1 aromatic rings. The van der Waals surface area contributed by atoms with E-state index in [1.165, 1.54) is 5.56 Å². The van der Waals surface area contributed by atoms with Gasteiger partial charge in [-0.2, -0.15) is 0 Å². The van der Waals surface area contributed by atoms with Crippen LogP contribution in [0.15, 0.2) is 30.3 Å². The third kappa shape index (κ3) is 4.98. The summed E-state index contributed by atoms with van der Waals surface area (Å²) < 4.78 is 0. The number of hydrogen-bond donors (Lipinski definition) is 1. The molecule has 1 saturated carbocycles. The lowest BCUT2D eigenvalue weighted by molar-refractivity contribution is -0.143. The third-order valence-electron chi connectivity index (χ3n) is 5.40. The van der Waals surface area contributed by atoms with Crippen LogP contribution in [0.3, 0.4) is 0 Å². The van der Waals surface area contributed by atoms with E-state index in [0.29, 0.717) is 32.2 Å². The van der Waals surface area contributed by atoms with Crippen LogP contribution in [0.5, 0.6) is 0 Å². The van der Waals surface area contributed by atoms with E-state index in [1.807, 2.05) is 30.0 Å². The Morgan fingerprint density at radius 2 is 1.77 bits per heavy atom. The van der Waals surface area contributed by atoms with Crippen molar-refractivity contribution in [1.82, 2.24) is 9.80 Å². The maximum atomic E-state index is 13.1. The molecule has 1 atom stereocenters. The molecule has 1 aliphatic heterocycles. The van der Waals surface area contributed by atoms with Gasteiger partial charge in [-0.25, -0.2) is 0 Å². The van der Waals surface area contributed by atoms with Crippen LogP contribution in [0.25, 0.3) is 0 Å². The zero-order valence-electron chi connectivity index (χ0n) is 15.5. The molecule has 1 saturated heterocycles. The summed E-state index contributed by atoms with van der Waals surface area (Å²) in [5, 5.41) is 0. The number of piperidine rings is 1. The first kappa shape index (κ1) is 20.7. The van der Waals surface area contributed by atoms with Crippen LogP contribution in [-0.4, -0.2) is 47.3 Å². The number of nitrogens with two attached hydrogens (primary N) is 1. The molecule has 3 rings (SSSR count). The molecule has 0 bridgehead atoms. The second-order valence-corrected chi connectivity index (χ2v) is 7.42. The van der Waals surface area contributed by atoms with Crippen LogP contribution in [0.2, 0.25) is 0 Å². The molecule has 1 aliphatic carbocycles. The fourth-order valence-corrected chi connectivity index (χ4v) is 3.55. The monoisotopic (exact) mass is 379 g/mol. The maximum Gasteiger partial charge on any atom is 0.226 e. The fraction of sp³-hybridized carbons (Fsp3) is 0.600. The minimum Gasteiger partial charge on any atom is -0.342 e. The van der Waals surface area contributed by atoms with Gasteiger partial charge in [0.2, 0.25) is 11.8 Å². The molecule has 2 amide bonds. The summed E-state index contributed by atoms with van der Waals surface area (Å²) in [6.45, 7) is 4.29. The summed E-state index contributed by atoms with van der Waals surface area (Å²) in [4.78, 5) is 29.2. The first-order valence-electron chi connectivity index (χ1n) is 9.43. The minimum atomic E-state index is -0.131. The normalized spacial score (nSPS) is 18.8. The van der Waals surface area contributed by atoms with Crippen LogP contribution in [-0.2, 0) is 16.1 Å². The van der Waals surface area contributed by atoms with Gasteiger partial charge in [0.1, 0.15) is 0 Å². The second kappa shape index (κ2) is 9.38. The van der Waals surface area contributed by atoms with E-state index in [1.54, 1.807) is 0 Å². The van der Waals surface area contributed by atoms with Crippen molar-refractivity contribution in [3.05, 3.63) is 35.9 Å². The molecule has 5 nitrogen and oxygen atoms in total. The Kier molecular flexibility index (Phi) is 7.47. The van der Waals surface area contributed by atoms with Crippen LogP contribution in [0, 0.1) is 11.8 Å². The number of hydrogen-bond acceptors (Lipinski definition) is 3. The van der Waals surface area contributed by atoms with Gasteiger partial charge in [-0.1, -0.05) is 37.3 Å². The van der Waals surface area contributed by atoms with Crippen LogP contribution in [0.1, 0.15) is 38.2 Å². The number of carbonyl (C=O) groups excluding carboxylic acids is 2. The summed E-state index contributed by atoms with van der Waals surface area (Å²) in [5.74, 6) is 0.303. The second-order valence-electron chi connectivity index (χ2n) is 7.42. The SMILES string of the molecule is CC(CN)C(=O)N1CCC(C(=O)N(Cc2ccccc2)C2CC2)CC1.Cl. The molecule has 2 aliphatic rings. The highest BCUT2D eigenvalue weighted by Gasteiger charge is 2.37. The van der Waals surface area contributed by atoms with Gasteiger partial charge < -0.3 is 15.5 Å². The van der Waals surface area contributed by atoms with Crippen molar-refractivity contribution < 1.29 is 9.59 Å². The van der Waals surface area contributed by atoms with E-state index in [0.717, 1.165) is 25.7 Å². The molecule has 1 aromatic carbocycles. The van der Waals surface area contributed by atoms with E-state index in [9.17, 15) is 9.59 Å². The molecular weight excluding hydrogens is 350 g/mol. The predicted octanol–water partition coefficient (Wildman–Crippen LogP) is 2.43. The van der Waals surface area contributed by atoms with Gasteiger partial charge in [-0.05, 0) is 31.2 Å². The summed E-state index contributed by atoms with van der Waals surface area (Å²) in [6, 6.07) is 10.6. The third-order valence-corrected chi connectivity index (χ3v) is 5.40. The molecule has 1 unspecified atom stereocenters. The highest BCUT2D eigenvalue weighted by molar-refractivity contribution is 5.85. The highest BCUT2D eigenvalue weighted by Crippen LogP contribution is 2.32. The Balaban J connectivity index is 0.00000243. The standard InChI is InChI=1S/C20H29N3O2.ClH/c1-15(13-21)19(24)22-11-9-17(10-12-22)20(25)23(18-7-8-18)14-16-5-3-2-4-6-16;/h2-6,15,17-18H,7-14,21H2,1H3;1H. The van der Waals surface area contributed by atoms with E-state index in [4.69, 9.17) is 5.73 Å². The number of halogens is 1. The summed E-state index contributed by atoms with van der Waals surface area (Å²) in [6.07, 6.45) is 3.76. The number of amides is 2. The lowest BCUT2D eigenvalue weighted by atomic mass is 9.94. The zero-order chi connectivity index (χ0) is 17.8. The number of carbonyl (C=O) groups is 2. The van der Waals surface area contributed by atoms with E-state index < -0.39 is 0 Å². The Hall–Kier alpha value is -1.59. The van der Waals surface area contributed by atoms with E-state index in [2.05, 4.69) is 17.0 Å². The Labute approximate surface area is 162 Å². The molecule has 26 heavy (non-hydrogen) atoms. The van der Waals surface area contributed by atoms with Gasteiger partial charge in [0.05, 0.1) is 0 Å². The van der Waals surface area contributed by atoms with Crippen LogP contribution in [0.4, 0.5) is 0 Å². The zero-order valence-corrected chi connectivity index (χ0v) is 16.3. The smallest absolute Gasteiger partial charge is 0.226 e. The van der Waals surface area contributed by atoms with Crippen molar-refractivity contribution in [1.29, 1.82) is 0 Å². The molecule has 144 valence electrons. The van der Waals surface area contributed by atoms with Crippen molar-refractivity contribution in [2.45, 2.75) is 45.2 Å². The van der Waals surface area contributed by atoms with Crippen molar-refractivity contribution >= 4 is 24.2 Å². The quantitative estimate of drug-likeness (QED) is 0.825. The van der Waals surface area contributed by atoms with Gasteiger partial charge in [0.25, 0.3) is 0 Å². The average Bonchev–Trinajstić information content (AvgIpc) is 3.50. The molecule has 0 radical (unpaired) electrons. The topological polar surface area (TPSA) is 66.6 Å². The summed E-state index contributed by atoms with van der Waals surface area (Å²) in [5.41, 5.74) is 6.79. The first-order chi connectivity index (χ1) is 12.1. The highest BCUT2D eigenvalue weighted by atomic mass is 35.5. The molecular formula is C20H30ClN3O2. The summed E-state index contributed by atoms with van der Waals surface area (Å²) >= 11 is 0. The fourth-order valence-electron chi connectivity index (χ4n) is 3.55. The van der Waals surface area contributed by atoms with Crippen molar-refractivity contribution in [3.63, 3.8) is 0 Å². The van der Waals surface area contributed by atoms with E-state index in [-0.39, 0.29) is 36.1 Å². The number of likely N-dealkylation sites (tertiary alicyclic amines) is 1. The Morgan fingerprint density at radius 3 is 2.31 bits per heavy atom. The van der Waals surface area contributed by atoms with Gasteiger partial charge in [-0.15, -0.1) is 12.4 Å². The number of nitrogens with zero attached hydrogens (tertiary/aromatic N) is 2. The molecule has 2 N–H and O–H groups in total. The Bertz CT molecular complexity index is 598. The van der Waals surface area contributed by atoms with Gasteiger partial charge >= 0.3 is 0 Å². The van der Waals surface area contributed by atoms with Gasteiger partial charge in [-0.3, -0.25) is 9.59 Å². The minimum absolute atomic E-state index is 0. The molecule has 0 spiro atoms. The molecule has 2 fully saturated rings. The predicted molar refractivity (Wildman–Crippen MR) is 105 cm³/mol. The lowest BCUT2D eigenvalue weighted by Crippen LogP contribution is -2.46. The summed E-state index contributed by atoms with van der Waals surface area (Å²) in [7, 11) is 0. The van der Waals surface area contributed by atoms with Crippen molar-refractivity contribution in [3.8, 4) is 0 Å². The first-order valence-corrected chi connectivity index (χ1v) is 9.43. The van der Waals surface area contributed by atoms with Crippen LogP contribution >= 0.6 is 12.4 Å². The number of rotatable bonds is 6. The Morgan fingerprint density at radius 1 is 1.15 bits per heavy atom. The molecule has 6 heteroatoms. The van der Waals surface area contributed by atoms with Crippen LogP contribution < -0.4 is 5.73 Å². The lowest BCUT2D eigenvalue weighted by Gasteiger charge is -2.35. The van der Waals surface area contributed by atoms with E-state index >= 15 is 0 Å².